The molecule has 3 heterocycles. The van der Waals surface area contributed by atoms with Crippen LogP contribution >= 0.6 is 11.8 Å². The average molecular weight is 390 g/mol. The Morgan fingerprint density at radius 3 is 2.75 bits per heavy atom. The van der Waals surface area contributed by atoms with Crippen LogP contribution in [0.4, 0.5) is 0 Å². The normalized spacial score (nSPS) is 23.0. The highest BCUT2D eigenvalue weighted by atomic mass is 32.2. The summed E-state index contributed by atoms with van der Waals surface area (Å²) in [6.45, 7) is 7.61. The lowest BCUT2D eigenvalue weighted by molar-refractivity contribution is -0.00548. The molecule has 1 aromatic heterocycles. The summed E-state index contributed by atoms with van der Waals surface area (Å²) in [6, 6.07) is 15.3. The topological polar surface area (TPSA) is 35.2 Å². The van der Waals surface area contributed by atoms with Crippen molar-refractivity contribution in [2.24, 2.45) is 0 Å². The molecule has 5 heteroatoms. The van der Waals surface area contributed by atoms with E-state index in [1.54, 1.807) is 0 Å². The number of hydrazine groups is 1. The molecular weight excluding hydrogens is 364 g/mol. The quantitative estimate of drug-likeness (QED) is 0.648. The van der Waals surface area contributed by atoms with Crippen molar-refractivity contribution in [1.82, 2.24) is 20.0 Å². The average Bonchev–Trinajstić information content (AvgIpc) is 3.40. The van der Waals surface area contributed by atoms with Crippen LogP contribution in [-0.2, 0) is 0 Å². The van der Waals surface area contributed by atoms with Crippen LogP contribution in [0.25, 0.3) is 15.9 Å². The maximum absolute atomic E-state index is 4.96. The summed E-state index contributed by atoms with van der Waals surface area (Å²) in [6.07, 6.45) is 5.94. The third-order valence-corrected chi connectivity index (χ3v) is 6.92. The van der Waals surface area contributed by atoms with E-state index >= 15 is 0 Å². The van der Waals surface area contributed by atoms with Crippen LogP contribution in [0.3, 0.4) is 0 Å². The number of aromatic nitrogens is 2. The van der Waals surface area contributed by atoms with Gasteiger partial charge in [-0.05, 0) is 62.4 Å². The van der Waals surface area contributed by atoms with E-state index in [1.807, 2.05) is 11.8 Å². The van der Waals surface area contributed by atoms with Crippen LogP contribution in [0, 0.1) is 20.0 Å². The molecule has 2 aliphatic heterocycles. The Kier molecular flexibility index (Phi) is 4.44. The molecule has 0 aliphatic carbocycles. The van der Waals surface area contributed by atoms with Gasteiger partial charge in [-0.15, -0.1) is 0 Å². The van der Waals surface area contributed by atoms with Crippen LogP contribution in [0.1, 0.15) is 48.3 Å². The molecule has 0 amide bonds. The molecule has 5 rings (SSSR count). The van der Waals surface area contributed by atoms with Crippen molar-refractivity contribution in [1.29, 1.82) is 0 Å². The van der Waals surface area contributed by atoms with Crippen LogP contribution in [0.15, 0.2) is 42.5 Å². The first kappa shape index (κ1) is 17.8. The summed E-state index contributed by atoms with van der Waals surface area (Å²) in [7, 11) is 0. The van der Waals surface area contributed by atoms with Gasteiger partial charge < -0.3 is 4.98 Å². The lowest BCUT2D eigenvalue weighted by atomic mass is 10.1. The van der Waals surface area contributed by atoms with E-state index in [0.29, 0.717) is 5.37 Å². The number of nitrogens with zero attached hydrogens (tertiary/aromatic N) is 3. The highest BCUT2D eigenvalue weighted by molar-refractivity contribution is 8.09. The van der Waals surface area contributed by atoms with Gasteiger partial charge in [0.1, 0.15) is 5.82 Å². The van der Waals surface area contributed by atoms with E-state index in [1.165, 1.54) is 28.0 Å². The Balaban J connectivity index is 1.46. The summed E-state index contributed by atoms with van der Waals surface area (Å²) in [4.78, 5) is 9.77. The molecule has 1 N–H and O–H groups in total. The molecule has 143 valence electrons. The maximum Gasteiger partial charge on any atom is 0.126 e. The number of aryl methyl sites for hydroxylation is 2. The second-order valence-corrected chi connectivity index (χ2v) is 9.09. The molecule has 2 atom stereocenters. The number of hydrogen-bond acceptors (Lipinski definition) is 4. The van der Waals surface area contributed by atoms with Gasteiger partial charge >= 0.3 is 0 Å². The van der Waals surface area contributed by atoms with Gasteiger partial charge in [-0.2, -0.15) is 0 Å². The Morgan fingerprint density at radius 1 is 1.14 bits per heavy atom. The largest absolute Gasteiger partial charge is 0.341 e. The third kappa shape index (κ3) is 3.03. The van der Waals surface area contributed by atoms with Crippen LogP contribution < -0.4 is 0 Å². The lowest BCUT2D eigenvalue weighted by Gasteiger charge is -2.34. The molecule has 28 heavy (non-hydrogen) atoms. The molecule has 0 spiro atoms. The number of hydrogen-bond donors (Lipinski definition) is 1. The van der Waals surface area contributed by atoms with Crippen molar-refractivity contribution >= 4 is 27.7 Å². The summed E-state index contributed by atoms with van der Waals surface area (Å²) in [5.74, 6) is 1.07. The van der Waals surface area contributed by atoms with Crippen molar-refractivity contribution in [3.05, 3.63) is 71.2 Å². The minimum atomic E-state index is 0.277. The fraction of sp³-hybridized carbons (Fsp3) is 0.348. The third-order valence-electron chi connectivity index (χ3n) is 5.82. The van der Waals surface area contributed by atoms with Gasteiger partial charge in [0.15, 0.2) is 0 Å². The summed E-state index contributed by atoms with van der Waals surface area (Å²) < 4.78 is 0. The van der Waals surface area contributed by atoms with Gasteiger partial charge in [-0.3, -0.25) is 5.01 Å². The first-order valence-electron chi connectivity index (χ1n) is 9.98. The van der Waals surface area contributed by atoms with Gasteiger partial charge in [0.25, 0.3) is 0 Å². The van der Waals surface area contributed by atoms with Gasteiger partial charge in [0.05, 0.1) is 28.6 Å². The number of rotatable bonds is 3. The number of imidazole rings is 1. The molecule has 0 saturated carbocycles. The molecule has 0 bridgehead atoms. The predicted octanol–water partition coefficient (Wildman–Crippen LogP) is 5.43. The summed E-state index contributed by atoms with van der Waals surface area (Å²) in [5.41, 5.74) is 6.05. The molecular formula is C23H25N4S. The highest BCUT2D eigenvalue weighted by Crippen LogP contribution is 2.43. The van der Waals surface area contributed by atoms with E-state index in [2.05, 4.69) is 84.4 Å². The minimum absolute atomic E-state index is 0.277. The SMILES string of the molecule is Cc1cc2nc(C3CCCN3N3[C]=C(c4ccccc4)SC3C)[nH]c2cc1C. The number of benzene rings is 2. The van der Waals surface area contributed by atoms with Gasteiger partial charge in [0, 0.05) is 11.4 Å². The lowest BCUT2D eigenvalue weighted by Crippen LogP contribution is -2.41. The van der Waals surface area contributed by atoms with Crippen molar-refractivity contribution in [2.75, 3.05) is 6.54 Å². The van der Waals surface area contributed by atoms with Crippen molar-refractivity contribution < 1.29 is 0 Å². The number of fused-ring (bicyclic) bond motifs is 1. The summed E-state index contributed by atoms with van der Waals surface area (Å²) in [5, 5.41) is 5.09. The zero-order valence-corrected chi connectivity index (χ0v) is 17.4. The molecule has 1 radical (unpaired) electrons. The first-order valence-corrected chi connectivity index (χ1v) is 10.9. The van der Waals surface area contributed by atoms with E-state index in [-0.39, 0.29) is 6.04 Å². The molecule has 2 aromatic carbocycles. The Labute approximate surface area is 170 Å². The number of aromatic amines is 1. The Morgan fingerprint density at radius 2 is 1.93 bits per heavy atom. The van der Waals surface area contributed by atoms with Gasteiger partial charge in [-0.25, -0.2) is 9.99 Å². The zero-order chi connectivity index (χ0) is 19.3. The van der Waals surface area contributed by atoms with E-state index < -0.39 is 0 Å². The summed E-state index contributed by atoms with van der Waals surface area (Å²) >= 11 is 1.88. The van der Waals surface area contributed by atoms with Crippen molar-refractivity contribution in [3.8, 4) is 0 Å². The molecule has 4 nitrogen and oxygen atoms in total. The Hall–Kier alpha value is -2.24. The highest BCUT2D eigenvalue weighted by Gasteiger charge is 2.37. The predicted molar refractivity (Wildman–Crippen MR) is 116 cm³/mol. The van der Waals surface area contributed by atoms with Crippen LogP contribution in [0.5, 0.6) is 0 Å². The number of H-pyrrole nitrogens is 1. The number of nitrogens with one attached hydrogen (secondary N) is 1. The minimum Gasteiger partial charge on any atom is -0.341 e. The number of thioether (sulfide) groups is 1. The first-order chi connectivity index (χ1) is 13.6. The van der Waals surface area contributed by atoms with Crippen LogP contribution in [0.2, 0.25) is 0 Å². The van der Waals surface area contributed by atoms with E-state index in [4.69, 9.17) is 4.98 Å². The molecule has 2 unspecified atom stereocenters. The molecule has 1 saturated heterocycles. The zero-order valence-electron chi connectivity index (χ0n) is 16.6. The smallest absolute Gasteiger partial charge is 0.126 e. The van der Waals surface area contributed by atoms with Crippen molar-refractivity contribution in [3.63, 3.8) is 0 Å². The van der Waals surface area contributed by atoms with Crippen molar-refractivity contribution in [2.45, 2.75) is 45.0 Å². The second kappa shape index (κ2) is 6.98. The Bertz CT molecular complexity index is 1000. The fourth-order valence-corrected chi connectivity index (χ4v) is 5.20. The van der Waals surface area contributed by atoms with E-state index in [9.17, 15) is 0 Å². The monoisotopic (exact) mass is 389 g/mol. The fourth-order valence-electron chi connectivity index (χ4n) is 4.17. The second-order valence-electron chi connectivity index (χ2n) is 7.77. The standard InChI is InChI=1S/C23H25N4S/c1-15-12-19-20(13-16(15)2)25-23(24-19)21-10-7-11-26(21)27-14-22(28-17(27)3)18-8-5-4-6-9-18/h4-6,8-9,12-13,17,21H,7,10-11H2,1-3H3,(H,24,25). The molecule has 3 aromatic rings. The van der Waals surface area contributed by atoms with Gasteiger partial charge in [-0.1, -0.05) is 42.1 Å². The molecule has 1 fully saturated rings. The molecule has 2 aliphatic rings. The van der Waals surface area contributed by atoms with E-state index in [0.717, 1.165) is 29.8 Å². The maximum atomic E-state index is 4.96. The van der Waals surface area contributed by atoms with Crippen LogP contribution in [-0.4, -0.2) is 31.9 Å². The van der Waals surface area contributed by atoms with Gasteiger partial charge in [0.2, 0.25) is 0 Å².